The molecule has 1 unspecified atom stereocenters. The Labute approximate surface area is 109 Å². The highest BCUT2D eigenvalue weighted by Crippen LogP contribution is 2.16. The van der Waals surface area contributed by atoms with Crippen molar-refractivity contribution in [2.75, 3.05) is 13.2 Å². The molecule has 0 aliphatic carbocycles. The maximum absolute atomic E-state index is 11.8. The summed E-state index contributed by atoms with van der Waals surface area (Å²) >= 11 is 0. The highest BCUT2D eigenvalue weighted by atomic mass is 16.5. The number of rotatable bonds is 8. The molecule has 18 heavy (non-hydrogen) atoms. The molecule has 1 heterocycles. The molecule has 0 radical (unpaired) electrons. The highest BCUT2D eigenvalue weighted by molar-refractivity contribution is 5.76. The maximum atomic E-state index is 11.8. The van der Waals surface area contributed by atoms with E-state index in [2.05, 4.69) is 17.2 Å². The van der Waals surface area contributed by atoms with Crippen LogP contribution in [0.4, 0.5) is 0 Å². The molecule has 0 fully saturated rings. The van der Waals surface area contributed by atoms with Gasteiger partial charge < -0.3 is 14.6 Å². The van der Waals surface area contributed by atoms with Crippen LogP contribution >= 0.6 is 0 Å². The van der Waals surface area contributed by atoms with Crippen molar-refractivity contribution >= 4 is 5.91 Å². The van der Waals surface area contributed by atoms with E-state index in [4.69, 9.17) is 4.74 Å². The number of aromatic nitrogens is 2. The summed E-state index contributed by atoms with van der Waals surface area (Å²) in [6.07, 6.45) is 5.95. The Hall–Kier alpha value is -1.36. The number of imidazole rings is 1. The Morgan fingerprint density at radius 3 is 2.89 bits per heavy atom. The van der Waals surface area contributed by atoms with Crippen molar-refractivity contribution in [2.24, 2.45) is 7.05 Å². The Bertz CT molecular complexity index is 363. The number of nitrogens with one attached hydrogen (secondary N) is 1. The van der Waals surface area contributed by atoms with Gasteiger partial charge in [-0.3, -0.25) is 4.79 Å². The first-order chi connectivity index (χ1) is 8.69. The Morgan fingerprint density at radius 2 is 2.33 bits per heavy atom. The molecule has 0 aromatic carbocycles. The van der Waals surface area contributed by atoms with Gasteiger partial charge in [-0.1, -0.05) is 13.3 Å². The van der Waals surface area contributed by atoms with Gasteiger partial charge in [-0.25, -0.2) is 4.98 Å². The minimum Gasteiger partial charge on any atom is -0.381 e. The number of hydrogen-bond acceptors (Lipinski definition) is 3. The third-order valence-electron chi connectivity index (χ3n) is 2.76. The second-order valence-electron chi connectivity index (χ2n) is 4.25. The van der Waals surface area contributed by atoms with Gasteiger partial charge in [0.25, 0.3) is 0 Å². The van der Waals surface area contributed by atoms with Crippen LogP contribution in [0.5, 0.6) is 0 Å². The summed E-state index contributed by atoms with van der Waals surface area (Å²) < 4.78 is 7.13. The zero-order valence-electron chi connectivity index (χ0n) is 11.5. The van der Waals surface area contributed by atoms with Crippen LogP contribution in [0.25, 0.3) is 0 Å². The molecule has 0 saturated carbocycles. The lowest BCUT2D eigenvalue weighted by Crippen LogP contribution is -2.30. The number of ether oxygens (including phenoxy) is 1. The fraction of sp³-hybridized carbons (Fsp3) is 0.692. The van der Waals surface area contributed by atoms with Gasteiger partial charge in [0.1, 0.15) is 5.82 Å². The minimum absolute atomic E-state index is 0.0101. The Balaban J connectivity index is 2.53. The van der Waals surface area contributed by atoms with Crippen molar-refractivity contribution in [1.82, 2.24) is 14.9 Å². The van der Waals surface area contributed by atoms with Crippen LogP contribution in [0, 0.1) is 0 Å². The smallest absolute Gasteiger partial charge is 0.222 e. The van der Waals surface area contributed by atoms with Crippen molar-refractivity contribution in [3.05, 3.63) is 18.2 Å². The minimum atomic E-state index is -0.0101. The molecule has 1 aromatic heterocycles. The predicted molar refractivity (Wildman–Crippen MR) is 70.1 cm³/mol. The predicted octanol–water partition coefficient (Wildman–Crippen LogP) is 1.80. The monoisotopic (exact) mass is 253 g/mol. The lowest BCUT2D eigenvalue weighted by Gasteiger charge is -2.17. The number of nitrogens with zero attached hydrogens (tertiary/aromatic N) is 2. The van der Waals surface area contributed by atoms with Crippen LogP contribution < -0.4 is 5.32 Å². The molecule has 0 aliphatic heterocycles. The molecule has 0 saturated heterocycles. The maximum Gasteiger partial charge on any atom is 0.222 e. The SMILES string of the molecule is CCCC(NC(=O)CCOCC)c1nccn1C. The molecule has 0 bridgehead atoms. The van der Waals surface area contributed by atoms with Gasteiger partial charge in [0.05, 0.1) is 12.6 Å². The standard InChI is InChI=1S/C13H23N3O2/c1-4-6-11(13-14-8-9-16(13)3)15-12(17)7-10-18-5-2/h8-9,11H,4-7,10H2,1-3H3,(H,15,17). The molecule has 1 amide bonds. The summed E-state index contributed by atoms with van der Waals surface area (Å²) in [6.45, 7) is 5.14. The van der Waals surface area contributed by atoms with Gasteiger partial charge in [0, 0.05) is 32.5 Å². The second-order valence-corrected chi connectivity index (χ2v) is 4.25. The van der Waals surface area contributed by atoms with E-state index in [0.29, 0.717) is 19.6 Å². The lowest BCUT2D eigenvalue weighted by molar-refractivity contribution is -0.123. The van der Waals surface area contributed by atoms with Crippen LogP contribution in [0.2, 0.25) is 0 Å². The van der Waals surface area contributed by atoms with E-state index in [1.165, 1.54) is 0 Å². The Kier molecular flexibility index (Phi) is 6.43. The van der Waals surface area contributed by atoms with E-state index in [1.807, 2.05) is 24.7 Å². The topological polar surface area (TPSA) is 56.1 Å². The largest absolute Gasteiger partial charge is 0.381 e. The first-order valence-corrected chi connectivity index (χ1v) is 6.53. The van der Waals surface area contributed by atoms with Crippen LogP contribution in [-0.4, -0.2) is 28.7 Å². The molecule has 0 spiro atoms. The van der Waals surface area contributed by atoms with E-state index < -0.39 is 0 Å². The summed E-state index contributed by atoms with van der Waals surface area (Å²) in [6, 6.07) is -0.0101. The van der Waals surface area contributed by atoms with E-state index in [1.54, 1.807) is 6.20 Å². The van der Waals surface area contributed by atoms with Crippen LogP contribution in [0.1, 0.15) is 45.0 Å². The fourth-order valence-electron chi connectivity index (χ4n) is 1.84. The summed E-state index contributed by atoms with van der Waals surface area (Å²) in [4.78, 5) is 16.1. The zero-order valence-corrected chi connectivity index (χ0v) is 11.5. The van der Waals surface area contributed by atoms with Gasteiger partial charge in [-0.2, -0.15) is 0 Å². The summed E-state index contributed by atoms with van der Waals surface area (Å²) in [5, 5.41) is 3.02. The normalized spacial score (nSPS) is 12.4. The van der Waals surface area contributed by atoms with Gasteiger partial charge in [-0.15, -0.1) is 0 Å². The van der Waals surface area contributed by atoms with Crippen molar-refractivity contribution in [2.45, 2.75) is 39.2 Å². The van der Waals surface area contributed by atoms with E-state index >= 15 is 0 Å². The quantitative estimate of drug-likeness (QED) is 0.719. The summed E-state index contributed by atoms with van der Waals surface area (Å²) in [5.74, 6) is 0.923. The lowest BCUT2D eigenvalue weighted by atomic mass is 10.1. The molecule has 0 aliphatic rings. The molecule has 1 rings (SSSR count). The van der Waals surface area contributed by atoms with Crippen LogP contribution in [-0.2, 0) is 16.6 Å². The van der Waals surface area contributed by atoms with Crippen LogP contribution in [0.3, 0.4) is 0 Å². The summed E-state index contributed by atoms with van der Waals surface area (Å²) in [7, 11) is 1.94. The number of carbonyl (C=O) groups is 1. The molecule has 5 heteroatoms. The molecular weight excluding hydrogens is 230 g/mol. The van der Waals surface area contributed by atoms with Gasteiger partial charge in [0.2, 0.25) is 5.91 Å². The second kappa shape index (κ2) is 7.87. The number of carbonyl (C=O) groups excluding carboxylic acids is 1. The number of amides is 1. The molecule has 1 N–H and O–H groups in total. The number of aryl methyl sites for hydroxylation is 1. The molecular formula is C13H23N3O2. The third kappa shape index (κ3) is 4.49. The third-order valence-corrected chi connectivity index (χ3v) is 2.76. The molecule has 5 nitrogen and oxygen atoms in total. The zero-order chi connectivity index (χ0) is 13.4. The number of hydrogen-bond donors (Lipinski definition) is 1. The molecule has 1 atom stereocenters. The van der Waals surface area contributed by atoms with E-state index in [-0.39, 0.29) is 11.9 Å². The van der Waals surface area contributed by atoms with Crippen molar-refractivity contribution in [1.29, 1.82) is 0 Å². The summed E-state index contributed by atoms with van der Waals surface area (Å²) in [5.41, 5.74) is 0. The first-order valence-electron chi connectivity index (χ1n) is 6.53. The van der Waals surface area contributed by atoms with Gasteiger partial charge in [0.15, 0.2) is 0 Å². The fourth-order valence-corrected chi connectivity index (χ4v) is 1.84. The van der Waals surface area contributed by atoms with Crippen LogP contribution in [0.15, 0.2) is 12.4 Å². The van der Waals surface area contributed by atoms with E-state index in [9.17, 15) is 4.79 Å². The average molecular weight is 253 g/mol. The molecule has 1 aromatic rings. The van der Waals surface area contributed by atoms with E-state index in [0.717, 1.165) is 18.7 Å². The van der Waals surface area contributed by atoms with Crippen molar-refractivity contribution in [3.63, 3.8) is 0 Å². The Morgan fingerprint density at radius 1 is 1.56 bits per heavy atom. The van der Waals surface area contributed by atoms with Crippen molar-refractivity contribution < 1.29 is 9.53 Å². The first kappa shape index (κ1) is 14.7. The molecule has 102 valence electrons. The van der Waals surface area contributed by atoms with Crippen molar-refractivity contribution in [3.8, 4) is 0 Å². The average Bonchev–Trinajstić information content (AvgIpc) is 2.75. The highest BCUT2D eigenvalue weighted by Gasteiger charge is 2.17. The van der Waals surface area contributed by atoms with Gasteiger partial charge in [-0.05, 0) is 13.3 Å². The van der Waals surface area contributed by atoms with Gasteiger partial charge >= 0.3 is 0 Å².